The number of benzene rings is 1. The van der Waals surface area contributed by atoms with E-state index in [1.165, 1.54) is 0 Å². The van der Waals surface area contributed by atoms with Crippen molar-refractivity contribution in [3.8, 4) is 0 Å². The molecule has 0 spiro atoms. The van der Waals surface area contributed by atoms with Gasteiger partial charge in [-0.15, -0.1) is 0 Å². The van der Waals surface area contributed by atoms with Crippen LogP contribution in [0.15, 0.2) is 30.3 Å². The summed E-state index contributed by atoms with van der Waals surface area (Å²) < 4.78 is 0. The molecule has 1 radical (unpaired) electrons. The number of amides is 1. The van der Waals surface area contributed by atoms with Gasteiger partial charge in [-0.25, -0.2) is 0 Å². The molecule has 1 aromatic carbocycles. The number of hydrogen-bond acceptors (Lipinski definition) is 1. The number of hydrogen-bond donors (Lipinski definition) is 1. The van der Waals surface area contributed by atoms with E-state index in [0.29, 0.717) is 0 Å². The summed E-state index contributed by atoms with van der Waals surface area (Å²) in [5, 5.41) is 2.63. The van der Waals surface area contributed by atoms with E-state index in [9.17, 15) is 4.79 Å². The SMILES string of the molecule is CC(C)(N[C]=O)c1ccccc1. The standard InChI is InChI=1S/C10H12NO/c1-10(2,11-8-12)9-6-4-3-5-7-9/h3-7H,1-2H3,(H,11,12). The van der Waals surface area contributed by atoms with E-state index in [1.807, 2.05) is 44.2 Å². The zero-order valence-corrected chi connectivity index (χ0v) is 7.29. The average Bonchev–Trinajstić information content (AvgIpc) is 2.06. The van der Waals surface area contributed by atoms with Crippen molar-refractivity contribution in [3.63, 3.8) is 0 Å². The Morgan fingerprint density at radius 2 is 1.83 bits per heavy atom. The van der Waals surface area contributed by atoms with Crippen LogP contribution in [0.2, 0.25) is 0 Å². The van der Waals surface area contributed by atoms with Crippen LogP contribution in [-0.4, -0.2) is 6.41 Å². The van der Waals surface area contributed by atoms with Gasteiger partial charge in [-0.3, -0.25) is 4.79 Å². The van der Waals surface area contributed by atoms with Gasteiger partial charge in [0.25, 0.3) is 0 Å². The smallest absolute Gasteiger partial charge is 0.310 e. The largest absolute Gasteiger partial charge is 0.339 e. The van der Waals surface area contributed by atoms with Gasteiger partial charge in [-0.05, 0) is 19.4 Å². The molecule has 0 aliphatic heterocycles. The zero-order chi connectivity index (χ0) is 9.03. The second-order valence-electron chi connectivity index (χ2n) is 3.22. The second kappa shape index (κ2) is 3.39. The highest BCUT2D eigenvalue weighted by atomic mass is 16.1. The molecule has 1 N–H and O–H groups in total. The minimum Gasteiger partial charge on any atom is -0.339 e. The van der Waals surface area contributed by atoms with Gasteiger partial charge in [0.1, 0.15) is 0 Å². The topological polar surface area (TPSA) is 29.1 Å². The third-order valence-corrected chi connectivity index (χ3v) is 1.86. The maximum atomic E-state index is 10.2. The van der Waals surface area contributed by atoms with Crippen molar-refractivity contribution in [1.29, 1.82) is 0 Å². The predicted molar refractivity (Wildman–Crippen MR) is 48.3 cm³/mol. The van der Waals surface area contributed by atoms with E-state index in [4.69, 9.17) is 0 Å². The maximum Gasteiger partial charge on any atom is 0.310 e. The highest BCUT2D eigenvalue weighted by molar-refractivity contribution is 5.50. The molecular formula is C10H12NO. The van der Waals surface area contributed by atoms with Crippen LogP contribution in [0.3, 0.4) is 0 Å². The van der Waals surface area contributed by atoms with Crippen molar-refractivity contribution in [2.75, 3.05) is 0 Å². The van der Waals surface area contributed by atoms with Crippen molar-refractivity contribution in [2.45, 2.75) is 19.4 Å². The Hall–Kier alpha value is -1.31. The Balaban J connectivity index is 2.89. The fourth-order valence-corrected chi connectivity index (χ4v) is 1.05. The first-order chi connectivity index (χ1) is 5.67. The number of nitrogens with one attached hydrogen (secondary N) is 1. The maximum absolute atomic E-state index is 10.2. The Kier molecular flexibility index (Phi) is 2.48. The summed E-state index contributed by atoms with van der Waals surface area (Å²) in [6.45, 7) is 3.88. The Morgan fingerprint density at radius 1 is 1.25 bits per heavy atom. The van der Waals surface area contributed by atoms with Crippen LogP contribution in [0.4, 0.5) is 0 Å². The second-order valence-corrected chi connectivity index (χ2v) is 3.22. The van der Waals surface area contributed by atoms with Gasteiger partial charge in [-0.2, -0.15) is 0 Å². The summed E-state index contributed by atoms with van der Waals surface area (Å²) in [5.74, 6) is 0. The van der Waals surface area contributed by atoms with Gasteiger partial charge in [0.05, 0.1) is 5.54 Å². The summed E-state index contributed by atoms with van der Waals surface area (Å²) in [6.07, 6.45) is 1.71. The quantitative estimate of drug-likeness (QED) is 0.672. The molecule has 0 saturated carbocycles. The van der Waals surface area contributed by atoms with Gasteiger partial charge in [0, 0.05) is 0 Å². The van der Waals surface area contributed by atoms with Crippen LogP contribution in [0.5, 0.6) is 0 Å². The first-order valence-corrected chi connectivity index (χ1v) is 3.86. The molecule has 2 heteroatoms. The molecule has 12 heavy (non-hydrogen) atoms. The lowest BCUT2D eigenvalue weighted by Crippen LogP contribution is -2.35. The summed E-state index contributed by atoms with van der Waals surface area (Å²) >= 11 is 0. The van der Waals surface area contributed by atoms with Crippen molar-refractivity contribution < 1.29 is 4.79 Å². The normalized spacial score (nSPS) is 10.8. The zero-order valence-electron chi connectivity index (χ0n) is 7.29. The number of rotatable bonds is 3. The predicted octanol–water partition coefficient (Wildman–Crippen LogP) is 1.58. The molecule has 0 aliphatic carbocycles. The molecule has 0 unspecified atom stereocenters. The van der Waals surface area contributed by atoms with Gasteiger partial charge in [0.2, 0.25) is 0 Å². The molecule has 63 valence electrons. The van der Waals surface area contributed by atoms with Crippen LogP contribution in [0.25, 0.3) is 0 Å². The molecule has 1 aromatic rings. The van der Waals surface area contributed by atoms with Gasteiger partial charge in [0.15, 0.2) is 0 Å². The first kappa shape index (κ1) is 8.78. The minimum atomic E-state index is -0.330. The highest BCUT2D eigenvalue weighted by Crippen LogP contribution is 2.17. The van der Waals surface area contributed by atoms with Crippen LogP contribution in [0, 0.1) is 0 Å². The monoisotopic (exact) mass is 162 g/mol. The summed E-state index contributed by atoms with van der Waals surface area (Å²) in [6, 6.07) is 9.80. The Labute approximate surface area is 72.6 Å². The third-order valence-electron chi connectivity index (χ3n) is 1.86. The molecule has 1 rings (SSSR count). The van der Waals surface area contributed by atoms with Crippen molar-refractivity contribution in [1.82, 2.24) is 5.32 Å². The van der Waals surface area contributed by atoms with E-state index >= 15 is 0 Å². The fourth-order valence-electron chi connectivity index (χ4n) is 1.05. The fraction of sp³-hybridized carbons (Fsp3) is 0.300. The summed E-state index contributed by atoms with van der Waals surface area (Å²) in [5.41, 5.74) is 0.747. The Morgan fingerprint density at radius 3 is 2.33 bits per heavy atom. The van der Waals surface area contributed by atoms with E-state index < -0.39 is 0 Å². The van der Waals surface area contributed by atoms with E-state index in [0.717, 1.165) is 5.56 Å². The first-order valence-electron chi connectivity index (χ1n) is 3.86. The lowest BCUT2D eigenvalue weighted by molar-refractivity contribution is 0.451. The van der Waals surface area contributed by atoms with Gasteiger partial charge in [-0.1, -0.05) is 30.3 Å². The van der Waals surface area contributed by atoms with Crippen molar-refractivity contribution >= 4 is 6.41 Å². The van der Waals surface area contributed by atoms with Gasteiger partial charge < -0.3 is 5.32 Å². The molecule has 0 fully saturated rings. The molecule has 0 aromatic heterocycles. The van der Waals surface area contributed by atoms with E-state index in [-0.39, 0.29) is 5.54 Å². The van der Waals surface area contributed by atoms with Gasteiger partial charge >= 0.3 is 6.41 Å². The average molecular weight is 162 g/mol. The molecule has 0 saturated heterocycles. The summed E-state index contributed by atoms with van der Waals surface area (Å²) in [7, 11) is 0. The van der Waals surface area contributed by atoms with Crippen molar-refractivity contribution in [3.05, 3.63) is 35.9 Å². The lowest BCUT2D eigenvalue weighted by Gasteiger charge is -2.23. The van der Waals surface area contributed by atoms with E-state index in [2.05, 4.69) is 5.32 Å². The van der Waals surface area contributed by atoms with Crippen LogP contribution < -0.4 is 5.32 Å². The Bertz CT molecular complexity index is 254. The molecule has 0 bridgehead atoms. The lowest BCUT2D eigenvalue weighted by atomic mass is 9.95. The van der Waals surface area contributed by atoms with Crippen LogP contribution >= 0.6 is 0 Å². The highest BCUT2D eigenvalue weighted by Gasteiger charge is 2.18. The summed E-state index contributed by atoms with van der Waals surface area (Å²) in [4.78, 5) is 10.2. The molecule has 0 heterocycles. The van der Waals surface area contributed by atoms with Crippen molar-refractivity contribution in [2.24, 2.45) is 0 Å². The van der Waals surface area contributed by atoms with Crippen LogP contribution in [-0.2, 0) is 10.3 Å². The van der Waals surface area contributed by atoms with E-state index in [1.54, 1.807) is 6.41 Å². The molecule has 0 atom stereocenters. The third kappa shape index (κ3) is 1.84. The minimum absolute atomic E-state index is 0.330. The molecule has 1 amide bonds. The molecular weight excluding hydrogens is 150 g/mol. The van der Waals surface area contributed by atoms with Crippen LogP contribution in [0.1, 0.15) is 19.4 Å². The molecule has 0 aliphatic rings. The number of carbonyl (C=O) groups excluding carboxylic acids is 1. The molecule has 2 nitrogen and oxygen atoms in total.